The van der Waals surface area contributed by atoms with Gasteiger partial charge in [-0.05, 0) is 42.2 Å². The number of aromatic hydroxyl groups is 1. The van der Waals surface area contributed by atoms with E-state index in [1.54, 1.807) is 13.0 Å². The van der Waals surface area contributed by atoms with Crippen LogP contribution in [0.5, 0.6) is 5.75 Å². The number of nitrogens with zero attached hydrogens (tertiary/aromatic N) is 1. The van der Waals surface area contributed by atoms with Crippen LogP contribution in [0.15, 0.2) is 47.4 Å². The zero-order valence-corrected chi connectivity index (χ0v) is 14.2. The van der Waals surface area contributed by atoms with E-state index in [-0.39, 0.29) is 23.6 Å². The van der Waals surface area contributed by atoms with Gasteiger partial charge in [-0.2, -0.15) is 4.31 Å². The fraction of sp³-hybridized carbons (Fsp3) is 0.278. The lowest BCUT2D eigenvalue weighted by molar-refractivity contribution is -0.108. The molecule has 0 spiro atoms. The summed E-state index contributed by atoms with van der Waals surface area (Å²) in [5.41, 5.74) is 2.65. The number of rotatable bonds is 5. The van der Waals surface area contributed by atoms with Crippen molar-refractivity contribution in [1.29, 1.82) is 0 Å². The summed E-state index contributed by atoms with van der Waals surface area (Å²) in [6.45, 7) is 2.03. The van der Waals surface area contributed by atoms with Gasteiger partial charge in [0.2, 0.25) is 10.0 Å². The Morgan fingerprint density at radius 2 is 2.00 bits per heavy atom. The Bertz CT molecular complexity index is 876. The van der Waals surface area contributed by atoms with Crippen LogP contribution in [0.2, 0.25) is 0 Å². The molecule has 1 heterocycles. The lowest BCUT2D eigenvalue weighted by Crippen LogP contribution is -2.30. The van der Waals surface area contributed by atoms with Crippen LogP contribution in [0.25, 0.3) is 0 Å². The molecule has 1 aliphatic heterocycles. The molecule has 1 atom stereocenters. The number of hydrogen-bond donors (Lipinski definition) is 1. The predicted octanol–water partition coefficient (Wildman–Crippen LogP) is 2.93. The van der Waals surface area contributed by atoms with Crippen LogP contribution in [0.3, 0.4) is 0 Å². The summed E-state index contributed by atoms with van der Waals surface area (Å²) in [5.74, 6) is -0.250. The van der Waals surface area contributed by atoms with Crippen LogP contribution in [-0.2, 0) is 21.4 Å². The molecule has 0 aromatic heterocycles. The number of aryl methyl sites for hydroxylation is 1. The van der Waals surface area contributed by atoms with Gasteiger partial charge in [0.1, 0.15) is 16.9 Å². The van der Waals surface area contributed by atoms with E-state index in [1.807, 2.05) is 24.3 Å². The zero-order valence-electron chi connectivity index (χ0n) is 13.3. The minimum atomic E-state index is -3.87. The summed E-state index contributed by atoms with van der Waals surface area (Å²) < 4.78 is 27.6. The van der Waals surface area contributed by atoms with Crippen molar-refractivity contribution in [3.8, 4) is 5.75 Å². The average Bonchev–Trinajstić information content (AvgIpc) is 2.92. The molecule has 1 N–H and O–H groups in total. The number of sulfonamides is 1. The van der Waals surface area contributed by atoms with Gasteiger partial charge < -0.3 is 9.90 Å². The number of hydrogen-bond acceptors (Lipinski definition) is 4. The van der Waals surface area contributed by atoms with E-state index in [0.29, 0.717) is 6.42 Å². The monoisotopic (exact) mass is 345 g/mol. The van der Waals surface area contributed by atoms with Gasteiger partial charge in [-0.15, -0.1) is 0 Å². The smallest absolute Gasteiger partial charge is 0.247 e. The number of phenolic OH excluding ortho intramolecular Hbond substituents is 1. The number of phenols is 1. The van der Waals surface area contributed by atoms with Crippen molar-refractivity contribution in [3.63, 3.8) is 0 Å². The third kappa shape index (κ3) is 2.83. The van der Waals surface area contributed by atoms with Crippen molar-refractivity contribution in [2.24, 2.45) is 0 Å². The molecule has 3 rings (SSSR count). The van der Waals surface area contributed by atoms with E-state index in [2.05, 4.69) is 0 Å². The maximum absolute atomic E-state index is 13.1. The van der Waals surface area contributed by atoms with E-state index in [1.165, 1.54) is 16.4 Å². The van der Waals surface area contributed by atoms with Gasteiger partial charge in [0, 0.05) is 13.0 Å². The van der Waals surface area contributed by atoms with Crippen molar-refractivity contribution in [3.05, 3.63) is 59.2 Å². The van der Waals surface area contributed by atoms with Gasteiger partial charge in [-0.25, -0.2) is 8.42 Å². The Labute approximate surface area is 141 Å². The first-order chi connectivity index (χ1) is 11.4. The number of benzene rings is 2. The quantitative estimate of drug-likeness (QED) is 0.846. The molecule has 5 nitrogen and oxygen atoms in total. The molecule has 24 heavy (non-hydrogen) atoms. The highest BCUT2D eigenvalue weighted by Gasteiger charge is 2.39. The Morgan fingerprint density at radius 1 is 1.25 bits per heavy atom. The van der Waals surface area contributed by atoms with E-state index in [4.69, 9.17) is 0 Å². The molecule has 1 aliphatic rings. The maximum Gasteiger partial charge on any atom is 0.247 e. The summed E-state index contributed by atoms with van der Waals surface area (Å²) >= 11 is 0. The van der Waals surface area contributed by atoms with Crippen molar-refractivity contribution in [1.82, 2.24) is 4.31 Å². The summed E-state index contributed by atoms with van der Waals surface area (Å²) in [6.07, 6.45) is 1.51. The number of fused-ring (bicyclic) bond motifs is 1. The molecule has 1 unspecified atom stereocenters. The third-order valence-electron chi connectivity index (χ3n) is 4.35. The summed E-state index contributed by atoms with van der Waals surface area (Å²) in [6, 6.07) is 11.7. The molecule has 0 fully saturated rings. The van der Waals surface area contributed by atoms with E-state index < -0.39 is 16.1 Å². The summed E-state index contributed by atoms with van der Waals surface area (Å²) in [7, 11) is -3.87. The second-order valence-electron chi connectivity index (χ2n) is 5.98. The Hall–Kier alpha value is -2.18. The van der Waals surface area contributed by atoms with Crippen LogP contribution in [0.4, 0.5) is 0 Å². The van der Waals surface area contributed by atoms with Crippen LogP contribution >= 0.6 is 0 Å². The van der Waals surface area contributed by atoms with Crippen LogP contribution in [0.1, 0.15) is 35.6 Å². The van der Waals surface area contributed by atoms with Crippen molar-refractivity contribution in [2.75, 3.05) is 0 Å². The van der Waals surface area contributed by atoms with Crippen molar-refractivity contribution >= 4 is 16.3 Å². The molecule has 126 valence electrons. The highest BCUT2D eigenvalue weighted by molar-refractivity contribution is 7.89. The van der Waals surface area contributed by atoms with Gasteiger partial charge in [-0.3, -0.25) is 0 Å². The van der Waals surface area contributed by atoms with Gasteiger partial charge in [0.25, 0.3) is 0 Å². The second-order valence-corrected chi connectivity index (χ2v) is 7.84. The lowest BCUT2D eigenvalue weighted by atomic mass is 10.0. The number of aldehydes is 1. The van der Waals surface area contributed by atoms with E-state index in [0.717, 1.165) is 23.0 Å². The van der Waals surface area contributed by atoms with Gasteiger partial charge >= 0.3 is 0 Å². The second kappa shape index (κ2) is 6.37. The van der Waals surface area contributed by atoms with Crippen molar-refractivity contribution < 1.29 is 18.3 Å². The molecule has 0 radical (unpaired) electrons. The molecule has 0 saturated carbocycles. The average molecular weight is 345 g/mol. The third-order valence-corrected chi connectivity index (χ3v) is 6.25. The first kappa shape index (κ1) is 16.7. The summed E-state index contributed by atoms with van der Waals surface area (Å²) in [5, 5.41) is 10.1. The molecule has 0 bridgehead atoms. The Kier molecular flexibility index (Phi) is 4.43. The Morgan fingerprint density at radius 3 is 2.71 bits per heavy atom. The van der Waals surface area contributed by atoms with E-state index in [9.17, 15) is 18.3 Å². The normalized spacial score (nSPS) is 17.6. The fourth-order valence-electron chi connectivity index (χ4n) is 3.19. The maximum atomic E-state index is 13.1. The zero-order chi connectivity index (χ0) is 17.3. The minimum absolute atomic E-state index is 0.1000. The SMILES string of the molecule is Cc1ccc(S(=O)(=O)N2Cc3ccccc3C2CCC=O)c(O)c1. The molecule has 2 aromatic rings. The largest absolute Gasteiger partial charge is 0.507 e. The fourth-order valence-corrected chi connectivity index (χ4v) is 4.87. The van der Waals surface area contributed by atoms with Gasteiger partial charge in [0.15, 0.2) is 0 Å². The molecule has 0 saturated heterocycles. The van der Waals surface area contributed by atoms with Crippen LogP contribution in [-0.4, -0.2) is 24.1 Å². The molecule has 2 aromatic carbocycles. The molecule has 0 aliphatic carbocycles. The topological polar surface area (TPSA) is 74.7 Å². The molecular formula is C18H19NO4S. The minimum Gasteiger partial charge on any atom is -0.507 e. The predicted molar refractivity (Wildman–Crippen MR) is 90.1 cm³/mol. The van der Waals surface area contributed by atoms with Crippen LogP contribution < -0.4 is 0 Å². The van der Waals surface area contributed by atoms with Crippen molar-refractivity contribution in [2.45, 2.75) is 37.2 Å². The first-order valence-electron chi connectivity index (χ1n) is 7.78. The Balaban J connectivity index is 2.05. The van der Waals surface area contributed by atoms with Gasteiger partial charge in [-0.1, -0.05) is 30.3 Å². The lowest BCUT2D eigenvalue weighted by Gasteiger charge is -2.24. The number of carbonyl (C=O) groups excluding carboxylic acids is 1. The standard InChI is InChI=1S/C18H19NO4S/c1-13-8-9-18(17(21)11-13)24(22,23)19-12-14-5-2-3-6-15(14)16(19)7-4-10-20/h2-3,5-6,8-11,16,21H,4,7,12H2,1H3. The first-order valence-corrected chi connectivity index (χ1v) is 9.22. The number of carbonyl (C=O) groups is 1. The molecule has 6 heteroatoms. The molecule has 0 amide bonds. The highest BCUT2D eigenvalue weighted by atomic mass is 32.2. The van der Waals surface area contributed by atoms with Crippen LogP contribution in [0, 0.1) is 6.92 Å². The van der Waals surface area contributed by atoms with E-state index >= 15 is 0 Å². The summed E-state index contributed by atoms with van der Waals surface area (Å²) in [4.78, 5) is 10.7. The molecular weight excluding hydrogens is 326 g/mol. The van der Waals surface area contributed by atoms with Gasteiger partial charge in [0.05, 0.1) is 6.04 Å². The highest BCUT2D eigenvalue weighted by Crippen LogP contribution is 2.41.